The number of piperidine rings is 1. The minimum Gasteiger partial charge on any atom is -0.453 e. The maximum Gasteiger partial charge on any atom is 0.406 e. The van der Waals surface area contributed by atoms with Crippen LogP contribution in [0.5, 0.6) is 0 Å². The van der Waals surface area contributed by atoms with Crippen LogP contribution in [0.4, 0.5) is 4.79 Å². The number of nitrogens with zero attached hydrogens (tertiary/aromatic N) is 1. The van der Waals surface area contributed by atoms with E-state index in [2.05, 4.69) is 10.1 Å². The molecule has 2 rings (SSSR count). The van der Waals surface area contributed by atoms with Gasteiger partial charge in [-0.25, -0.2) is 13.2 Å². The van der Waals surface area contributed by atoms with E-state index in [0.717, 1.165) is 24.8 Å². The number of alkyl carbamates (subject to hydrolysis) is 1. The fourth-order valence-electron chi connectivity index (χ4n) is 2.84. The third kappa shape index (κ3) is 4.45. The molecule has 0 bridgehead atoms. The maximum absolute atomic E-state index is 12.9. The van der Waals surface area contributed by atoms with Crippen molar-refractivity contribution in [3.05, 3.63) is 29.8 Å². The lowest BCUT2D eigenvalue weighted by Gasteiger charge is -2.34. The molecule has 1 fully saturated rings. The highest BCUT2D eigenvalue weighted by Crippen LogP contribution is 2.27. The van der Waals surface area contributed by atoms with Crippen molar-refractivity contribution in [1.82, 2.24) is 9.62 Å². The van der Waals surface area contributed by atoms with Crippen molar-refractivity contribution in [1.29, 1.82) is 0 Å². The molecule has 1 heterocycles. The van der Waals surface area contributed by atoms with Gasteiger partial charge in [0.05, 0.1) is 12.0 Å². The molecule has 6 nitrogen and oxygen atoms in total. The van der Waals surface area contributed by atoms with Gasteiger partial charge in [-0.3, -0.25) is 0 Å². The number of nitrogens with one attached hydrogen (secondary N) is 1. The molecule has 0 radical (unpaired) electrons. The SMILES string of the molecule is COC(=O)NCC[C@@H]1CCCCN1S(=O)(=O)c1ccc(C)cc1. The number of amides is 1. The summed E-state index contributed by atoms with van der Waals surface area (Å²) in [5.74, 6) is 0. The predicted octanol–water partition coefficient (Wildman–Crippen LogP) is 2.28. The van der Waals surface area contributed by atoms with Gasteiger partial charge >= 0.3 is 6.09 Å². The quantitative estimate of drug-likeness (QED) is 0.892. The lowest BCUT2D eigenvalue weighted by molar-refractivity contribution is 0.168. The maximum atomic E-state index is 12.9. The molecule has 1 aromatic carbocycles. The van der Waals surface area contributed by atoms with Crippen molar-refractivity contribution >= 4 is 16.1 Å². The lowest BCUT2D eigenvalue weighted by atomic mass is 10.0. The van der Waals surface area contributed by atoms with Crippen LogP contribution in [0.3, 0.4) is 0 Å². The molecule has 0 spiro atoms. The molecule has 0 aliphatic carbocycles. The minimum absolute atomic E-state index is 0.0905. The molecule has 1 saturated heterocycles. The average Bonchev–Trinajstić information content (AvgIpc) is 2.55. The predicted molar refractivity (Wildman–Crippen MR) is 87.7 cm³/mol. The second-order valence-corrected chi connectivity index (χ2v) is 7.68. The van der Waals surface area contributed by atoms with Crippen LogP contribution in [0.25, 0.3) is 0 Å². The number of ether oxygens (including phenoxy) is 1. The van der Waals surface area contributed by atoms with E-state index in [0.29, 0.717) is 24.4 Å². The van der Waals surface area contributed by atoms with Crippen molar-refractivity contribution < 1.29 is 17.9 Å². The van der Waals surface area contributed by atoms with E-state index in [1.165, 1.54) is 7.11 Å². The van der Waals surface area contributed by atoms with Gasteiger partial charge < -0.3 is 10.1 Å². The van der Waals surface area contributed by atoms with E-state index in [1.807, 2.05) is 19.1 Å². The molecule has 1 aromatic rings. The van der Waals surface area contributed by atoms with Crippen LogP contribution < -0.4 is 5.32 Å². The lowest BCUT2D eigenvalue weighted by Crippen LogP contribution is -2.45. The Morgan fingerprint density at radius 2 is 2.00 bits per heavy atom. The third-order valence-electron chi connectivity index (χ3n) is 4.13. The molecule has 1 aliphatic rings. The largest absolute Gasteiger partial charge is 0.453 e. The van der Waals surface area contributed by atoms with E-state index in [9.17, 15) is 13.2 Å². The Morgan fingerprint density at radius 3 is 2.65 bits per heavy atom. The summed E-state index contributed by atoms with van der Waals surface area (Å²) in [6.07, 6.45) is 2.77. The zero-order valence-corrected chi connectivity index (χ0v) is 14.4. The summed E-state index contributed by atoms with van der Waals surface area (Å²) >= 11 is 0. The molecule has 0 saturated carbocycles. The summed E-state index contributed by atoms with van der Waals surface area (Å²) in [5, 5.41) is 2.62. The summed E-state index contributed by atoms with van der Waals surface area (Å²) in [4.78, 5) is 11.4. The number of hydrogen-bond acceptors (Lipinski definition) is 4. The second kappa shape index (κ2) is 7.79. The average molecular weight is 340 g/mol. The molecule has 1 N–H and O–H groups in total. The minimum atomic E-state index is -3.49. The number of carbonyl (C=O) groups excluding carboxylic acids is 1. The first-order valence-corrected chi connectivity index (χ1v) is 9.29. The highest BCUT2D eigenvalue weighted by atomic mass is 32.2. The molecule has 1 amide bonds. The number of rotatable bonds is 5. The number of benzene rings is 1. The normalized spacial score (nSPS) is 19.3. The third-order valence-corrected chi connectivity index (χ3v) is 6.10. The Bertz CT molecular complexity index is 628. The molecule has 0 unspecified atom stereocenters. The van der Waals surface area contributed by atoms with Gasteiger partial charge in [0.2, 0.25) is 10.0 Å². The smallest absolute Gasteiger partial charge is 0.406 e. The number of aryl methyl sites for hydroxylation is 1. The molecule has 7 heteroatoms. The van der Waals surface area contributed by atoms with Crippen LogP contribution in [-0.2, 0) is 14.8 Å². The van der Waals surface area contributed by atoms with Crippen LogP contribution in [0.15, 0.2) is 29.2 Å². The summed E-state index contributed by atoms with van der Waals surface area (Å²) in [7, 11) is -2.19. The first-order chi connectivity index (χ1) is 10.9. The van der Waals surface area contributed by atoms with Crippen molar-refractivity contribution in [2.45, 2.75) is 43.5 Å². The molecule has 1 aliphatic heterocycles. The fourth-order valence-corrected chi connectivity index (χ4v) is 4.56. The van der Waals surface area contributed by atoms with Crippen molar-refractivity contribution in [2.24, 2.45) is 0 Å². The Labute approximate surface area is 137 Å². The second-order valence-electron chi connectivity index (χ2n) is 5.79. The first kappa shape index (κ1) is 17.7. The Morgan fingerprint density at radius 1 is 1.30 bits per heavy atom. The summed E-state index contributed by atoms with van der Waals surface area (Å²) in [6, 6.07) is 6.84. The van der Waals surface area contributed by atoms with Crippen molar-refractivity contribution in [3.63, 3.8) is 0 Å². The summed E-state index contributed by atoms with van der Waals surface area (Å²) in [6.45, 7) is 2.86. The molecular formula is C16H24N2O4S. The van der Waals surface area contributed by atoms with Gasteiger partial charge in [0.15, 0.2) is 0 Å². The Hall–Kier alpha value is -1.60. The molecule has 23 heavy (non-hydrogen) atoms. The fraction of sp³-hybridized carbons (Fsp3) is 0.562. The van der Waals surface area contributed by atoms with Gasteiger partial charge in [0, 0.05) is 19.1 Å². The number of methoxy groups -OCH3 is 1. The molecule has 128 valence electrons. The highest BCUT2D eigenvalue weighted by Gasteiger charge is 2.33. The van der Waals surface area contributed by atoms with E-state index in [-0.39, 0.29) is 6.04 Å². The topological polar surface area (TPSA) is 75.7 Å². The zero-order chi connectivity index (χ0) is 16.9. The van der Waals surface area contributed by atoms with E-state index < -0.39 is 16.1 Å². The van der Waals surface area contributed by atoms with Crippen LogP contribution in [0, 0.1) is 6.92 Å². The van der Waals surface area contributed by atoms with Crippen molar-refractivity contribution in [3.8, 4) is 0 Å². The first-order valence-electron chi connectivity index (χ1n) is 7.85. The molecule has 0 aromatic heterocycles. The van der Waals surface area contributed by atoms with E-state index in [4.69, 9.17) is 0 Å². The Kier molecular flexibility index (Phi) is 6.01. The molecule has 1 atom stereocenters. The van der Waals surface area contributed by atoms with Gasteiger partial charge in [-0.2, -0.15) is 4.31 Å². The zero-order valence-electron chi connectivity index (χ0n) is 13.6. The standard InChI is InChI=1S/C16H24N2O4S/c1-13-6-8-15(9-7-13)23(20,21)18-12-4-3-5-14(18)10-11-17-16(19)22-2/h6-9,14H,3-5,10-12H2,1-2H3,(H,17,19)/t14-/m0/s1. The van der Waals surface area contributed by atoms with Gasteiger partial charge in [-0.15, -0.1) is 0 Å². The summed E-state index contributed by atoms with van der Waals surface area (Å²) in [5.41, 5.74) is 1.03. The van der Waals surface area contributed by atoms with Gasteiger partial charge in [-0.1, -0.05) is 24.1 Å². The number of carbonyl (C=O) groups is 1. The monoisotopic (exact) mass is 340 g/mol. The highest BCUT2D eigenvalue weighted by molar-refractivity contribution is 7.89. The van der Waals surface area contributed by atoms with Crippen LogP contribution in [0.2, 0.25) is 0 Å². The number of hydrogen-bond donors (Lipinski definition) is 1. The molecular weight excluding hydrogens is 316 g/mol. The van der Waals surface area contributed by atoms with E-state index >= 15 is 0 Å². The van der Waals surface area contributed by atoms with Crippen LogP contribution in [0.1, 0.15) is 31.2 Å². The van der Waals surface area contributed by atoms with Crippen molar-refractivity contribution in [2.75, 3.05) is 20.2 Å². The van der Waals surface area contributed by atoms with E-state index in [1.54, 1.807) is 16.4 Å². The van der Waals surface area contributed by atoms with Crippen LogP contribution in [-0.4, -0.2) is 45.1 Å². The van der Waals surface area contributed by atoms with Gasteiger partial charge in [0.1, 0.15) is 0 Å². The van der Waals surface area contributed by atoms with Crippen LogP contribution >= 0.6 is 0 Å². The number of sulfonamides is 1. The van der Waals surface area contributed by atoms with Gasteiger partial charge in [0.25, 0.3) is 0 Å². The van der Waals surface area contributed by atoms with Gasteiger partial charge in [-0.05, 0) is 38.3 Å². The Balaban J connectivity index is 2.10. The summed E-state index contributed by atoms with van der Waals surface area (Å²) < 4.78 is 31.9.